The molecule has 0 N–H and O–H groups in total. The average molecular weight is 412 g/mol. The monoisotopic (exact) mass is 411 g/mol. The van der Waals surface area contributed by atoms with E-state index >= 15 is 0 Å². The van der Waals surface area contributed by atoms with Crippen molar-refractivity contribution in [1.29, 1.82) is 5.26 Å². The molecule has 0 unspecified atom stereocenters. The molecule has 0 spiro atoms. The Labute approximate surface area is 187 Å². The average Bonchev–Trinajstić information content (AvgIpc) is 2.86. The lowest BCUT2D eigenvalue weighted by Crippen LogP contribution is -1.97. The highest BCUT2D eigenvalue weighted by atomic mass is 16.5. The van der Waals surface area contributed by atoms with Gasteiger partial charge in [-0.3, -0.25) is 0 Å². The number of hydrogen-bond acceptors (Lipinski definition) is 2. The lowest BCUT2D eigenvalue weighted by atomic mass is 10.00. The molecule has 0 aliphatic heterocycles. The first-order valence-corrected chi connectivity index (χ1v) is 10.6. The Morgan fingerprint density at radius 2 is 1.31 bits per heavy atom. The van der Waals surface area contributed by atoms with Gasteiger partial charge in [0, 0.05) is 5.56 Å². The molecule has 0 heterocycles. The molecule has 2 heteroatoms. The van der Waals surface area contributed by atoms with Gasteiger partial charge in [0.1, 0.15) is 12.4 Å². The summed E-state index contributed by atoms with van der Waals surface area (Å²) in [7, 11) is 0. The summed E-state index contributed by atoms with van der Waals surface area (Å²) in [6.45, 7) is 0.466. The molecule has 0 saturated heterocycles. The summed E-state index contributed by atoms with van der Waals surface area (Å²) in [5.41, 5.74) is 3.50. The van der Waals surface area contributed by atoms with Crippen LogP contribution in [0.1, 0.15) is 16.7 Å². The molecule has 0 aromatic heterocycles. The first-order valence-electron chi connectivity index (χ1n) is 10.6. The Balaban J connectivity index is 1.43. The molecule has 0 saturated carbocycles. The number of hydrogen-bond donors (Lipinski definition) is 0. The maximum atomic E-state index is 9.85. The third-order valence-corrected chi connectivity index (χ3v) is 5.61. The van der Waals surface area contributed by atoms with Crippen LogP contribution in [-0.2, 0) is 6.61 Å². The van der Waals surface area contributed by atoms with Crippen molar-refractivity contribution in [2.75, 3.05) is 0 Å². The molecule has 0 amide bonds. The van der Waals surface area contributed by atoms with Gasteiger partial charge < -0.3 is 4.74 Å². The van der Waals surface area contributed by atoms with E-state index in [1.165, 1.54) is 10.8 Å². The summed E-state index contributed by atoms with van der Waals surface area (Å²) in [5.74, 6) is 0.759. The number of rotatable bonds is 5. The van der Waals surface area contributed by atoms with E-state index in [0.29, 0.717) is 12.2 Å². The van der Waals surface area contributed by atoms with Crippen molar-refractivity contribution in [3.8, 4) is 11.8 Å². The molecular formula is C30H21NO. The van der Waals surface area contributed by atoms with Gasteiger partial charge in [0.05, 0.1) is 11.6 Å². The second-order valence-corrected chi connectivity index (χ2v) is 7.74. The van der Waals surface area contributed by atoms with Crippen LogP contribution in [0.5, 0.6) is 5.75 Å². The summed E-state index contributed by atoms with van der Waals surface area (Å²) in [6, 6.07) is 39.2. The molecule has 0 aliphatic carbocycles. The van der Waals surface area contributed by atoms with Crippen LogP contribution in [0.15, 0.2) is 109 Å². The molecule has 2 nitrogen and oxygen atoms in total. The maximum Gasteiger partial charge on any atom is 0.127 e. The largest absolute Gasteiger partial charge is 0.488 e. The normalized spacial score (nSPS) is 11.4. The van der Waals surface area contributed by atoms with E-state index in [1.807, 2.05) is 60.7 Å². The molecule has 5 aromatic rings. The van der Waals surface area contributed by atoms with E-state index in [2.05, 4.69) is 60.7 Å². The van der Waals surface area contributed by atoms with E-state index < -0.39 is 0 Å². The highest BCUT2D eigenvalue weighted by Crippen LogP contribution is 2.27. The van der Waals surface area contributed by atoms with Crippen LogP contribution >= 0.6 is 0 Å². The van der Waals surface area contributed by atoms with Crippen molar-refractivity contribution in [2.24, 2.45) is 0 Å². The highest BCUT2D eigenvalue weighted by molar-refractivity contribution is 5.94. The van der Waals surface area contributed by atoms with Crippen LogP contribution in [0.4, 0.5) is 0 Å². The van der Waals surface area contributed by atoms with Crippen LogP contribution in [0.3, 0.4) is 0 Å². The molecule has 0 atom stereocenters. The van der Waals surface area contributed by atoms with Gasteiger partial charge in [-0.2, -0.15) is 5.26 Å². The second kappa shape index (κ2) is 8.79. The van der Waals surface area contributed by atoms with Crippen LogP contribution < -0.4 is 4.74 Å². The number of para-hydroxylation sites is 1. The fourth-order valence-corrected chi connectivity index (χ4v) is 3.91. The Kier molecular flexibility index (Phi) is 5.39. The Hall–Kier alpha value is -4.35. The molecule has 0 fully saturated rings. The minimum absolute atomic E-state index is 0.466. The lowest BCUT2D eigenvalue weighted by Gasteiger charge is -2.11. The van der Waals surface area contributed by atoms with E-state index in [9.17, 15) is 5.26 Å². The van der Waals surface area contributed by atoms with Crippen molar-refractivity contribution in [1.82, 2.24) is 0 Å². The summed E-state index contributed by atoms with van der Waals surface area (Å²) in [5, 5.41) is 14.5. The lowest BCUT2D eigenvalue weighted by molar-refractivity contribution is 0.306. The van der Waals surface area contributed by atoms with E-state index in [1.54, 1.807) is 0 Å². The molecule has 152 valence electrons. The topological polar surface area (TPSA) is 33.0 Å². The molecule has 0 aliphatic rings. The summed E-state index contributed by atoms with van der Waals surface area (Å²) >= 11 is 0. The Morgan fingerprint density at radius 1 is 0.688 bits per heavy atom. The molecule has 5 rings (SSSR count). The van der Waals surface area contributed by atoms with Crippen LogP contribution in [0.2, 0.25) is 0 Å². The van der Waals surface area contributed by atoms with Gasteiger partial charge >= 0.3 is 0 Å². The first kappa shape index (κ1) is 19.6. The maximum absolute atomic E-state index is 9.85. The van der Waals surface area contributed by atoms with Crippen molar-refractivity contribution in [3.05, 3.63) is 126 Å². The van der Waals surface area contributed by atoms with Gasteiger partial charge in [0.15, 0.2) is 0 Å². The van der Waals surface area contributed by atoms with Crippen molar-refractivity contribution >= 4 is 33.2 Å². The third-order valence-electron chi connectivity index (χ3n) is 5.61. The van der Waals surface area contributed by atoms with Gasteiger partial charge in [-0.25, -0.2) is 0 Å². The highest BCUT2D eigenvalue weighted by Gasteiger charge is 2.07. The number of fused-ring (bicyclic) bond motifs is 2. The second-order valence-electron chi connectivity index (χ2n) is 7.74. The van der Waals surface area contributed by atoms with Gasteiger partial charge in [-0.15, -0.1) is 0 Å². The van der Waals surface area contributed by atoms with Crippen molar-refractivity contribution in [2.45, 2.75) is 6.61 Å². The number of ether oxygens (including phenoxy) is 1. The number of nitrogens with zero attached hydrogens (tertiary/aromatic N) is 1. The summed E-state index contributed by atoms with van der Waals surface area (Å²) < 4.78 is 6.17. The zero-order valence-electron chi connectivity index (χ0n) is 17.5. The molecule has 32 heavy (non-hydrogen) atoms. The summed E-state index contributed by atoms with van der Waals surface area (Å²) in [4.78, 5) is 0. The summed E-state index contributed by atoms with van der Waals surface area (Å²) in [6.07, 6.45) is 1.90. The zero-order valence-corrected chi connectivity index (χ0v) is 17.5. The van der Waals surface area contributed by atoms with E-state index in [0.717, 1.165) is 33.2 Å². The fraction of sp³-hybridized carbons (Fsp3) is 0.0333. The SMILES string of the molecule is N#C/C(=C/c1ccccc1OCc1ccc2ccccc2c1)c1ccc2ccccc2c1. The molecule has 0 bridgehead atoms. The Bertz CT molecular complexity index is 1490. The number of nitriles is 1. The predicted octanol–water partition coefficient (Wildman–Crippen LogP) is 7.64. The number of benzene rings is 5. The van der Waals surface area contributed by atoms with Crippen LogP contribution in [-0.4, -0.2) is 0 Å². The fourth-order valence-electron chi connectivity index (χ4n) is 3.91. The minimum atomic E-state index is 0.466. The quantitative estimate of drug-likeness (QED) is 0.220. The first-order chi connectivity index (χ1) is 15.8. The third kappa shape index (κ3) is 4.10. The van der Waals surface area contributed by atoms with Crippen molar-refractivity contribution < 1.29 is 4.74 Å². The van der Waals surface area contributed by atoms with E-state index in [4.69, 9.17) is 4.74 Å². The van der Waals surface area contributed by atoms with Gasteiger partial charge in [0.2, 0.25) is 0 Å². The van der Waals surface area contributed by atoms with Crippen LogP contribution in [0, 0.1) is 11.3 Å². The van der Waals surface area contributed by atoms with Gasteiger partial charge in [0.25, 0.3) is 0 Å². The molecule has 5 aromatic carbocycles. The number of allylic oxidation sites excluding steroid dienone is 1. The zero-order chi connectivity index (χ0) is 21.8. The minimum Gasteiger partial charge on any atom is -0.488 e. The van der Waals surface area contributed by atoms with Gasteiger partial charge in [-0.1, -0.05) is 91.0 Å². The Morgan fingerprint density at radius 3 is 2.06 bits per heavy atom. The predicted molar refractivity (Wildman–Crippen MR) is 132 cm³/mol. The molecule has 0 radical (unpaired) electrons. The standard InChI is InChI=1S/C30H21NO/c31-20-29(27-16-15-24-8-2-4-10-26(24)18-27)19-28-11-5-6-12-30(28)32-21-22-13-14-23-7-1-3-9-25(23)17-22/h1-19H,21H2/b29-19-. The van der Waals surface area contributed by atoms with E-state index in [-0.39, 0.29) is 0 Å². The molecular weight excluding hydrogens is 390 g/mol. The van der Waals surface area contributed by atoms with Crippen LogP contribution in [0.25, 0.3) is 33.2 Å². The van der Waals surface area contributed by atoms with Crippen molar-refractivity contribution in [3.63, 3.8) is 0 Å². The smallest absolute Gasteiger partial charge is 0.127 e. The van der Waals surface area contributed by atoms with Gasteiger partial charge in [-0.05, 0) is 56.9 Å².